The van der Waals surface area contributed by atoms with E-state index in [1.165, 1.54) is 0 Å². The second-order valence-electron chi connectivity index (χ2n) is 4.10. The number of hydrogen-bond acceptors (Lipinski definition) is 3. The smallest absolute Gasteiger partial charge is 0.335 e. The molecule has 0 aliphatic rings. The minimum Gasteiger partial charge on any atom is -0.478 e. The van der Waals surface area contributed by atoms with Gasteiger partial charge in [-0.3, -0.25) is 0 Å². The van der Waals surface area contributed by atoms with E-state index in [9.17, 15) is 22.0 Å². The third-order valence-corrected chi connectivity index (χ3v) is 4.08. The SMILES string of the molecule is C=C(C)CCS(=O)(=O)c1cc(C(=O)O)cc(F)c1F. The van der Waals surface area contributed by atoms with Crippen molar-refractivity contribution in [2.75, 3.05) is 5.75 Å². The van der Waals surface area contributed by atoms with Gasteiger partial charge in [0.1, 0.15) is 4.90 Å². The molecule has 1 rings (SSSR count). The van der Waals surface area contributed by atoms with E-state index in [0.717, 1.165) is 0 Å². The molecular formula is C12H12F2O4S. The largest absolute Gasteiger partial charge is 0.478 e. The van der Waals surface area contributed by atoms with Crippen molar-refractivity contribution >= 4 is 15.8 Å². The number of halogens is 2. The van der Waals surface area contributed by atoms with Gasteiger partial charge in [-0.15, -0.1) is 6.58 Å². The first kappa shape index (κ1) is 15.3. The van der Waals surface area contributed by atoms with Crippen LogP contribution in [0.25, 0.3) is 0 Å². The zero-order chi connectivity index (χ0) is 14.8. The van der Waals surface area contributed by atoms with E-state index >= 15 is 0 Å². The molecule has 104 valence electrons. The predicted octanol–water partition coefficient (Wildman–Crippen LogP) is 2.40. The van der Waals surface area contributed by atoms with Gasteiger partial charge in [0.15, 0.2) is 21.5 Å². The molecule has 19 heavy (non-hydrogen) atoms. The number of allylic oxidation sites excluding steroid dienone is 1. The Kier molecular flexibility index (Phi) is 4.41. The number of rotatable bonds is 5. The van der Waals surface area contributed by atoms with Crippen LogP contribution in [0.2, 0.25) is 0 Å². The van der Waals surface area contributed by atoms with E-state index in [-0.39, 0.29) is 6.42 Å². The van der Waals surface area contributed by atoms with Gasteiger partial charge < -0.3 is 5.11 Å². The minimum atomic E-state index is -4.10. The Morgan fingerprint density at radius 2 is 1.95 bits per heavy atom. The highest BCUT2D eigenvalue weighted by Crippen LogP contribution is 2.22. The quantitative estimate of drug-likeness (QED) is 0.845. The molecule has 0 spiro atoms. The van der Waals surface area contributed by atoms with Crippen LogP contribution in [-0.2, 0) is 9.84 Å². The van der Waals surface area contributed by atoms with Gasteiger partial charge in [-0.05, 0) is 25.5 Å². The van der Waals surface area contributed by atoms with Crippen molar-refractivity contribution in [1.82, 2.24) is 0 Å². The molecule has 1 aromatic rings. The lowest BCUT2D eigenvalue weighted by atomic mass is 10.2. The highest BCUT2D eigenvalue weighted by atomic mass is 32.2. The summed E-state index contributed by atoms with van der Waals surface area (Å²) in [6.07, 6.45) is 0.0840. The molecule has 0 aliphatic heterocycles. The lowest BCUT2D eigenvalue weighted by Crippen LogP contribution is -2.12. The second kappa shape index (κ2) is 5.48. The molecule has 0 fully saturated rings. The lowest BCUT2D eigenvalue weighted by Gasteiger charge is -2.07. The summed E-state index contributed by atoms with van der Waals surface area (Å²) in [5, 5.41) is 8.71. The van der Waals surface area contributed by atoms with Crippen LogP contribution in [0.4, 0.5) is 8.78 Å². The summed E-state index contributed by atoms with van der Waals surface area (Å²) >= 11 is 0. The molecular weight excluding hydrogens is 278 g/mol. The van der Waals surface area contributed by atoms with Crippen molar-refractivity contribution in [3.05, 3.63) is 41.5 Å². The van der Waals surface area contributed by atoms with Crippen LogP contribution in [0.3, 0.4) is 0 Å². The molecule has 0 unspecified atom stereocenters. The molecule has 0 saturated heterocycles. The summed E-state index contributed by atoms with van der Waals surface area (Å²) in [6, 6.07) is 1.06. The standard InChI is InChI=1S/C12H12F2O4S/c1-7(2)3-4-19(17,18)10-6-8(12(15)16)5-9(13)11(10)14/h5-6H,1,3-4H2,2H3,(H,15,16). The highest BCUT2D eigenvalue weighted by molar-refractivity contribution is 7.91. The molecule has 0 radical (unpaired) electrons. The van der Waals surface area contributed by atoms with E-state index in [4.69, 9.17) is 5.11 Å². The maximum atomic E-state index is 13.5. The molecule has 7 heteroatoms. The number of benzene rings is 1. The molecule has 0 aromatic heterocycles. The van der Waals surface area contributed by atoms with Gasteiger partial charge in [-0.2, -0.15) is 0 Å². The average molecular weight is 290 g/mol. The van der Waals surface area contributed by atoms with Gasteiger partial charge in [0.2, 0.25) is 0 Å². The van der Waals surface area contributed by atoms with E-state index in [2.05, 4.69) is 6.58 Å². The van der Waals surface area contributed by atoms with Crippen LogP contribution >= 0.6 is 0 Å². The summed E-state index contributed by atoms with van der Waals surface area (Å²) in [5.74, 6) is -5.06. The predicted molar refractivity (Wildman–Crippen MR) is 64.8 cm³/mol. The van der Waals surface area contributed by atoms with Gasteiger partial charge in [-0.1, -0.05) is 5.57 Å². The van der Waals surface area contributed by atoms with Gasteiger partial charge in [0.05, 0.1) is 11.3 Å². The zero-order valence-corrected chi connectivity index (χ0v) is 10.9. The van der Waals surface area contributed by atoms with Crippen molar-refractivity contribution in [3.8, 4) is 0 Å². The average Bonchev–Trinajstić information content (AvgIpc) is 2.29. The van der Waals surface area contributed by atoms with Crippen LogP contribution in [0.15, 0.2) is 29.2 Å². The van der Waals surface area contributed by atoms with Crippen LogP contribution < -0.4 is 0 Å². The van der Waals surface area contributed by atoms with Gasteiger partial charge >= 0.3 is 5.97 Å². The number of carboxylic acid groups (broad SMARTS) is 1. The third kappa shape index (κ3) is 3.60. The molecule has 0 saturated carbocycles. The first-order valence-electron chi connectivity index (χ1n) is 5.24. The first-order valence-corrected chi connectivity index (χ1v) is 6.90. The summed E-state index contributed by atoms with van der Waals surface area (Å²) in [7, 11) is -4.10. The fourth-order valence-corrected chi connectivity index (χ4v) is 2.85. The fourth-order valence-electron chi connectivity index (χ4n) is 1.33. The summed E-state index contributed by atoms with van der Waals surface area (Å²) < 4.78 is 50.4. The van der Waals surface area contributed by atoms with Crippen molar-refractivity contribution in [1.29, 1.82) is 0 Å². The topological polar surface area (TPSA) is 71.4 Å². The Morgan fingerprint density at radius 3 is 2.42 bits per heavy atom. The van der Waals surface area contributed by atoms with Crippen molar-refractivity contribution < 1.29 is 27.1 Å². The van der Waals surface area contributed by atoms with E-state index in [1.807, 2.05) is 0 Å². The van der Waals surface area contributed by atoms with Crippen LogP contribution in [0.5, 0.6) is 0 Å². The number of aromatic carboxylic acids is 1. The maximum Gasteiger partial charge on any atom is 0.335 e. The molecule has 1 aromatic carbocycles. The summed E-state index contributed by atoms with van der Waals surface area (Å²) in [4.78, 5) is 9.77. The Hall–Kier alpha value is -1.76. The Balaban J connectivity index is 3.33. The van der Waals surface area contributed by atoms with E-state index in [1.54, 1.807) is 6.92 Å². The Morgan fingerprint density at radius 1 is 1.37 bits per heavy atom. The van der Waals surface area contributed by atoms with Crippen molar-refractivity contribution in [2.45, 2.75) is 18.2 Å². The molecule has 1 N–H and O–H groups in total. The van der Waals surface area contributed by atoms with Crippen molar-refractivity contribution in [3.63, 3.8) is 0 Å². The van der Waals surface area contributed by atoms with Gasteiger partial charge in [0, 0.05) is 0 Å². The molecule has 4 nitrogen and oxygen atoms in total. The Bertz CT molecular complexity index is 635. The molecule has 0 amide bonds. The maximum absolute atomic E-state index is 13.5. The molecule has 0 atom stereocenters. The number of carboxylic acids is 1. The third-order valence-electron chi connectivity index (χ3n) is 2.37. The fraction of sp³-hybridized carbons (Fsp3) is 0.250. The van der Waals surface area contributed by atoms with Crippen LogP contribution in [0, 0.1) is 11.6 Å². The Labute approximate surface area is 109 Å². The lowest BCUT2D eigenvalue weighted by molar-refractivity contribution is 0.0696. The van der Waals surface area contributed by atoms with Crippen LogP contribution in [0.1, 0.15) is 23.7 Å². The zero-order valence-electron chi connectivity index (χ0n) is 10.1. The monoisotopic (exact) mass is 290 g/mol. The summed E-state index contributed by atoms with van der Waals surface area (Å²) in [5.41, 5.74) is -0.0494. The van der Waals surface area contributed by atoms with E-state index in [0.29, 0.717) is 17.7 Å². The minimum absolute atomic E-state index is 0.0840. The highest BCUT2D eigenvalue weighted by Gasteiger charge is 2.24. The molecule has 0 aliphatic carbocycles. The molecule has 0 bridgehead atoms. The number of hydrogen-bond donors (Lipinski definition) is 1. The molecule has 0 heterocycles. The first-order chi connectivity index (χ1) is 8.65. The number of sulfone groups is 1. The van der Waals surface area contributed by atoms with Crippen molar-refractivity contribution in [2.24, 2.45) is 0 Å². The van der Waals surface area contributed by atoms with Crippen LogP contribution in [-0.4, -0.2) is 25.2 Å². The number of carbonyl (C=O) groups is 1. The van der Waals surface area contributed by atoms with Gasteiger partial charge in [0.25, 0.3) is 0 Å². The normalized spacial score (nSPS) is 11.3. The van der Waals surface area contributed by atoms with Gasteiger partial charge in [-0.25, -0.2) is 22.0 Å². The summed E-state index contributed by atoms with van der Waals surface area (Å²) in [6.45, 7) is 5.11. The second-order valence-corrected chi connectivity index (χ2v) is 6.18. The van der Waals surface area contributed by atoms with E-state index < -0.39 is 43.7 Å².